The second-order valence-corrected chi connectivity index (χ2v) is 6.01. The molecule has 0 aliphatic rings. The number of aromatic nitrogens is 4. The number of hydrogen-bond acceptors (Lipinski definition) is 5. The van der Waals surface area contributed by atoms with Gasteiger partial charge in [-0.15, -0.1) is 11.3 Å². The number of thiophene rings is 1. The van der Waals surface area contributed by atoms with Crippen molar-refractivity contribution in [3.63, 3.8) is 0 Å². The average Bonchev–Trinajstić information content (AvgIpc) is 3.23. The largest absolute Gasteiger partial charge is 0.394 e. The molecule has 8 heteroatoms. The summed E-state index contributed by atoms with van der Waals surface area (Å²) in [6.07, 6.45) is 1.54. The molecule has 2 N–H and O–H groups in total. The second kappa shape index (κ2) is 6.35. The number of carbonyl (C=O) groups is 1. The minimum absolute atomic E-state index is 0.0552. The Hall–Kier alpha value is -2.45. The number of carbonyl (C=O) groups excluding carboxylic acids is 1. The maximum absolute atomic E-state index is 12.4. The summed E-state index contributed by atoms with van der Waals surface area (Å²) in [6, 6.07) is 5.72. The third-order valence-electron chi connectivity index (χ3n) is 3.59. The molecule has 0 saturated carbocycles. The van der Waals surface area contributed by atoms with E-state index in [0.717, 1.165) is 16.3 Å². The van der Waals surface area contributed by atoms with E-state index in [4.69, 9.17) is 0 Å². The summed E-state index contributed by atoms with van der Waals surface area (Å²) >= 11 is 1.57. The second-order valence-electron chi connectivity index (χ2n) is 5.06. The van der Waals surface area contributed by atoms with Gasteiger partial charge in [-0.25, -0.2) is 4.68 Å². The first-order valence-electron chi connectivity index (χ1n) is 7.12. The van der Waals surface area contributed by atoms with E-state index in [1.807, 2.05) is 30.5 Å². The number of nitrogens with zero attached hydrogens (tertiary/aromatic N) is 4. The highest BCUT2D eigenvalue weighted by Crippen LogP contribution is 2.26. The lowest BCUT2D eigenvalue weighted by Gasteiger charge is -2.07. The van der Waals surface area contributed by atoms with Gasteiger partial charge in [0.15, 0.2) is 0 Å². The van der Waals surface area contributed by atoms with Gasteiger partial charge in [0.25, 0.3) is 5.91 Å². The maximum Gasteiger partial charge on any atom is 0.260 e. The number of aryl methyl sites for hydroxylation is 1. The highest BCUT2D eigenvalue weighted by atomic mass is 32.1. The smallest absolute Gasteiger partial charge is 0.260 e. The Balaban J connectivity index is 1.89. The van der Waals surface area contributed by atoms with E-state index < -0.39 is 0 Å². The van der Waals surface area contributed by atoms with Crippen molar-refractivity contribution in [3.8, 4) is 10.6 Å². The van der Waals surface area contributed by atoms with Gasteiger partial charge >= 0.3 is 0 Å². The standard InChI is InChI=1S/C15H17N5O2S/c1-10-11(9-16-19(10)2)15(22)17-14-8-12(13-4-3-7-23-13)18-20(14)5-6-21/h3-4,7-9,21H,5-6H2,1-2H3,(H,17,22). The van der Waals surface area contributed by atoms with Crippen molar-refractivity contribution in [3.05, 3.63) is 41.0 Å². The molecule has 3 aromatic rings. The molecule has 3 aromatic heterocycles. The van der Waals surface area contributed by atoms with Crippen molar-refractivity contribution < 1.29 is 9.90 Å². The monoisotopic (exact) mass is 331 g/mol. The Morgan fingerprint density at radius 3 is 2.91 bits per heavy atom. The molecule has 0 unspecified atom stereocenters. The molecule has 1 amide bonds. The summed E-state index contributed by atoms with van der Waals surface area (Å²) in [4.78, 5) is 13.4. The molecular weight excluding hydrogens is 314 g/mol. The first-order valence-corrected chi connectivity index (χ1v) is 8.00. The van der Waals surface area contributed by atoms with Crippen LogP contribution in [0.2, 0.25) is 0 Å². The molecule has 0 radical (unpaired) electrons. The Kier molecular flexibility index (Phi) is 4.26. The number of aliphatic hydroxyl groups is 1. The zero-order chi connectivity index (χ0) is 16.4. The highest BCUT2D eigenvalue weighted by molar-refractivity contribution is 7.13. The molecule has 0 saturated heterocycles. The number of amides is 1. The van der Waals surface area contributed by atoms with Crippen molar-refractivity contribution >= 4 is 23.1 Å². The van der Waals surface area contributed by atoms with Gasteiger partial charge in [0.05, 0.1) is 29.8 Å². The SMILES string of the molecule is Cc1c(C(=O)Nc2cc(-c3cccs3)nn2CCO)cnn1C. The van der Waals surface area contributed by atoms with Crippen LogP contribution in [-0.4, -0.2) is 37.2 Å². The van der Waals surface area contributed by atoms with Crippen LogP contribution in [0.4, 0.5) is 5.82 Å². The van der Waals surface area contributed by atoms with Crippen LogP contribution in [0.5, 0.6) is 0 Å². The number of hydrogen-bond donors (Lipinski definition) is 2. The van der Waals surface area contributed by atoms with Crippen LogP contribution in [0.25, 0.3) is 10.6 Å². The Morgan fingerprint density at radius 2 is 2.30 bits per heavy atom. The molecule has 0 bridgehead atoms. The van der Waals surface area contributed by atoms with Crippen molar-refractivity contribution in [2.75, 3.05) is 11.9 Å². The number of anilines is 1. The van der Waals surface area contributed by atoms with Gasteiger partial charge in [-0.2, -0.15) is 10.2 Å². The first-order chi connectivity index (χ1) is 11.1. The Morgan fingerprint density at radius 1 is 1.48 bits per heavy atom. The lowest BCUT2D eigenvalue weighted by Crippen LogP contribution is -2.17. The van der Waals surface area contributed by atoms with Crippen LogP contribution in [0.3, 0.4) is 0 Å². The minimum Gasteiger partial charge on any atom is -0.394 e. The molecule has 3 rings (SSSR count). The maximum atomic E-state index is 12.4. The van der Waals surface area contributed by atoms with Crippen molar-refractivity contribution in [2.24, 2.45) is 7.05 Å². The van der Waals surface area contributed by atoms with Crippen molar-refractivity contribution in [2.45, 2.75) is 13.5 Å². The molecule has 120 valence electrons. The van der Waals surface area contributed by atoms with Crippen LogP contribution in [0.1, 0.15) is 16.1 Å². The molecule has 0 atom stereocenters. The summed E-state index contributed by atoms with van der Waals surface area (Å²) in [6.45, 7) is 2.09. The molecule has 0 aromatic carbocycles. The fourth-order valence-corrected chi connectivity index (χ4v) is 2.91. The van der Waals surface area contributed by atoms with Gasteiger partial charge in [-0.3, -0.25) is 9.48 Å². The zero-order valence-corrected chi connectivity index (χ0v) is 13.7. The van der Waals surface area contributed by atoms with Crippen LogP contribution < -0.4 is 5.32 Å². The summed E-state index contributed by atoms with van der Waals surface area (Å²) in [7, 11) is 1.79. The number of aliphatic hydroxyl groups excluding tert-OH is 1. The third kappa shape index (κ3) is 3.03. The number of rotatable bonds is 5. The lowest BCUT2D eigenvalue weighted by molar-refractivity contribution is 0.102. The van der Waals surface area contributed by atoms with Crippen LogP contribution in [-0.2, 0) is 13.6 Å². The molecule has 23 heavy (non-hydrogen) atoms. The Labute approximate surface area is 137 Å². The summed E-state index contributed by atoms with van der Waals surface area (Å²) in [5, 5.41) is 22.5. The van der Waals surface area contributed by atoms with Gasteiger partial charge in [0.2, 0.25) is 0 Å². The molecule has 3 heterocycles. The Bertz CT molecular complexity index is 819. The van der Waals surface area contributed by atoms with E-state index >= 15 is 0 Å². The normalized spacial score (nSPS) is 10.9. The molecule has 0 aliphatic carbocycles. The quantitative estimate of drug-likeness (QED) is 0.748. The lowest BCUT2D eigenvalue weighted by atomic mass is 10.2. The molecule has 0 spiro atoms. The average molecular weight is 331 g/mol. The number of nitrogens with one attached hydrogen (secondary N) is 1. The van der Waals surface area contributed by atoms with E-state index in [2.05, 4.69) is 15.5 Å². The van der Waals surface area contributed by atoms with Gasteiger partial charge < -0.3 is 10.4 Å². The molecular formula is C15H17N5O2S. The third-order valence-corrected chi connectivity index (χ3v) is 4.48. The predicted octanol–water partition coefficient (Wildman–Crippen LogP) is 1.90. The molecule has 0 fully saturated rings. The fourth-order valence-electron chi connectivity index (χ4n) is 2.23. The predicted molar refractivity (Wildman–Crippen MR) is 88.5 cm³/mol. The van der Waals surface area contributed by atoms with E-state index in [9.17, 15) is 9.90 Å². The van der Waals surface area contributed by atoms with Crippen LogP contribution >= 0.6 is 11.3 Å². The van der Waals surface area contributed by atoms with Gasteiger partial charge in [0.1, 0.15) is 11.5 Å². The van der Waals surface area contributed by atoms with E-state index in [1.54, 1.807) is 27.7 Å². The highest BCUT2D eigenvalue weighted by Gasteiger charge is 2.17. The molecule has 7 nitrogen and oxygen atoms in total. The zero-order valence-electron chi connectivity index (χ0n) is 12.9. The van der Waals surface area contributed by atoms with Gasteiger partial charge in [-0.1, -0.05) is 6.07 Å². The van der Waals surface area contributed by atoms with Crippen molar-refractivity contribution in [1.82, 2.24) is 19.6 Å². The summed E-state index contributed by atoms with van der Waals surface area (Å²) in [5.41, 5.74) is 2.07. The van der Waals surface area contributed by atoms with Gasteiger partial charge in [-0.05, 0) is 18.4 Å². The summed E-state index contributed by atoms with van der Waals surface area (Å²) < 4.78 is 3.25. The molecule has 0 aliphatic heterocycles. The fraction of sp³-hybridized carbons (Fsp3) is 0.267. The van der Waals surface area contributed by atoms with Crippen LogP contribution in [0, 0.1) is 6.92 Å². The van der Waals surface area contributed by atoms with Crippen molar-refractivity contribution in [1.29, 1.82) is 0 Å². The topological polar surface area (TPSA) is 85.0 Å². The van der Waals surface area contributed by atoms with Gasteiger partial charge in [0, 0.05) is 18.8 Å². The minimum atomic E-state index is -0.243. The van der Waals surface area contributed by atoms with E-state index in [-0.39, 0.29) is 12.5 Å². The summed E-state index contributed by atoms with van der Waals surface area (Å²) in [5.74, 6) is 0.308. The first kappa shape index (κ1) is 15.4. The van der Waals surface area contributed by atoms with E-state index in [0.29, 0.717) is 17.9 Å². The van der Waals surface area contributed by atoms with E-state index in [1.165, 1.54) is 6.20 Å². The van der Waals surface area contributed by atoms with Crippen LogP contribution in [0.15, 0.2) is 29.8 Å².